The predicted molar refractivity (Wildman–Crippen MR) is 133 cm³/mol. The van der Waals surface area contributed by atoms with Crippen LogP contribution in [0.5, 0.6) is 5.75 Å². The number of phenolic OH excluding ortho intramolecular Hbond substituents is 1. The molecule has 2 aromatic carbocycles. The fourth-order valence-electron chi connectivity index (χ4n) is 4.04. The molecular weight excluding hydrogens is 442 g/mol. The number of benzene rings is 2. The number of carbonyl (C=O) groups is 2. The highest BCUT2D eigenvalue weighted by molar-refractivity contribution is 6.03. The van der Waals surface area contributed by atoms with Crippen LogP contribution in [0.25, 0.3) is 11.3 Å². The van der Waals surface area contributed by atoms with Crippen LogP contribution in [-0.2, 0) is 13.6 Å². The summed E-state index contributed by atoms with van der Waals surface area (Å²) in [5.41, 5.74) is 4.99. The van der Waals surface area contributed by atoms with Gasteiger partial charge in [-0.1, -0.05) is 29.8 Å². The lowest BCUT2D eigenvalue weighted by atomic mass is 10.1. The van der Waals surface area contributed by atoms with E-state index in [-0.39, 0.29) is 23.6 Å². The Morgan fingerprint density at radius 3 is 2.51 bits per heavy atom. The zero-order valence-electron chi connectivity index (χ0n) is 19.7. The molecule has 1 saturated carbocycles. The Morgan fingerprint density at radius 1 is 1.09 bits per heavy atom. The lowest BCUT2D eigenvalue weighted by molar-refractivity contribution is 0.101. The van der Waals surface area contributed by atoms with Crippen LogP contribution in [-0.4, -0.2) is 31.4 Å². The number of carbonyl (C=O) groups excluding carboxylic acids is 2. The number of hydrogen-bond acceptors (Lipinski definition) is 4. The molecule has 4 aromatic rings. The molecule has 8 nitrogen and oxygen atoms in total. The Morgan fingerprint density at radius 2 is 1.86 bits per heavy atom. The summed E-state index contributed by atoms with van der Waals surface area (Å²) >= 11 is 0. The van der Waals surface area contributed by atoms with Crippen molar-refractivity contribution in [3.05, 3.63) is 89.4 Å². The fraction of sp³-hybridized carbons (Fsp3) is 0.222. The summed E-state index contributed by atoms with van der Waals surface area (Å²) in [4.78, 5) is 25.4. The molecule has 0 unspecified atom stereocenters. The zero-order valence-corrected chi connectivity index (χ0v) is 19.7. The average molecular weight is 470 g/mol. The van der Waals surface area contributed by atoms with Crippen molar-refractivity contribution in [2.24, 2.45) is 7.05 Å². The molecular formula is C27H27N5O3. The fourth-order valence-corrected chi connectivity index (χ4v) is 4.04. The average Bonchev–Trinajstić information content (AvgIpc) is 3.44. The van der Waals surface area contributed by atoms with E-state index in [1.165, 1.54) is 10.7 Å². The van der Waals surface area contributed by atoms with Crippen LogP contribution in [0.15, 0.2) is 66.9 Å². The van der Waals surface area contributed by atoms with Crippen LogP contribution in [0.4, 0.5) is 10.5 Å². The molecule has 8 heteroatoms. The molecule has 0 aliphatic heterocycles. The van der Waals surface area contributed by atoms with Crippen molar-refractivity contribution in [2.45, 2.75) is 32.2 Å². The third-order valence-corrected chi connectivity index (χ3v) is 6.20. The van der Waals surface area contributed by atoms with Crippen molar-refractivity contribution in [2.75, 3.05) is 5.32 Å². The van der Waals surface area contributed by atoms with E-state index in [2.05, 4.69) is 15.7 Å². The number of phenols is 1. The molecule has 1 fully saturated rings. The van der Waals surface area contributed by atoms with Gasteiger partial charge < -0.3 is 20.3 Å². The van der Waals surface area contributed by atoms with Crippen molar-refractivity contribution in [3.8, 4) is 17.0 Å². The highest BCUT2D eigenvalue weighted by atomic mass is 16.3. The summed E-state index contributed by atoms with van der Waals surface area (Å²) in [7, 11) is 1.79. The number of aryl methyl sites for hydroxylation is 2. The molecule has 3 N–H and O–H groups in total. The number of amides is 2. The first-order valence-corrected chi connectivity index (χ1v) is 11.6. The summed E-state index contributed by atoms with van der Waals surface area (Å²) in [5, 5.41) is 21.0. The minimum atomic E-state index is -0.301. The molecule has 0 atom stereocenters. The zero-order chi connectivity index (χ0) is 24.5. The maximum Gasteiger partial charge on any atom is 0.342 e. The number of hydrogen-bond donors (Lipinski definition) is 3. The third kappa shape index (κ3) is 4.82. The Balaban J connectivity index is 1.34. The maximum atomic E-state index is 13.0. The first kappa shape index (κ1) is 22.5. The number of nitrogens with one attached hydrogen (secondary N) is 2. The predicted octanol–water partition coefficient (Wildman–Crippen LogP) is 4.79. The summed E-state index contributed by atoms with van der Waals surface area (Å²) in [6.07, 6.45) is 3.80. The second kappa shape index (κ2) is 9.13. The van der Waals surface area contributed by atoms with Crippen molar-refractivity contribution in [3.63, 3.8) is 0 Å². The molecule has 1 aliphatic rings. The minimum Gasteiger partial charge on any atom is -0.507 e. The molecule has 0 saturated heterocycles. The number of aromatic hydroxyl groups is 1. The van der Waals surface area contributed by atoms with Gasteiger partial charge in [-0.25, -0.2) is 4.79 Å². The monoisotopic (exact) mass is 469 g/mol. The molecule has 2 aromatic heterocycles. The van der Waals surface area contributed by atoms with Crippen LogP contribution in [0.1, 0.15) is 46.1 Å². The largest absolute Gasteiger partial charge is 0.507 e. The highest BCUT2D eigenvalue weighted by Crippen LogP contribution is 2.42. The van der Waals surface area contributed by atoms with Gasteiger partial charge >= 0.3 is 6.03 Å². The van der Waals surface area contributed by atoms with E-state index in [1.807, 2.05) is 37.3 Å². The van der Waals surface area contributed by atoms with Gasteiger partial charge in [0.1, 0.15) is 11.4 Å². The number of rotatable bonds is 6. The van der Waals surface area contributed by atoms with Gasteiger partial charge in [0.2, 0.25) is 0 Å². The van der Waals surface area contributed by atoms with Crippen molar-refractivity contribution < 1.29 is 14.7 Å². The van der Waals surface area contributed by atoms with Gasteiger partial charge in [-0.15, -0.1) is 0 Å². The van der Waals surface area contributed by atoms with Crippen LogP contribution in [0.3, 0.4) is 0 Å². The first-order valence-electron chi connectivity index (χ1n) is 11.6. The number of aromatic nitrogens is 3. The van der Waals surface area contributed by atoms with Gasteiger partial charge in [0, 0.05) is 43.0 Å². The molecule has 0 spiro atoms. The smallest absolute Gasteiger partial charge is 0.342 e. The second-order valence-electron chi connectivity index (χ2n) is 8.98. The van der Waals surface area contributed by atoms with E-state index in [0.29, 0.717) is 29.2 Å². The summed E-state index contributed by atoms with van der Waals surface area (Å²) in [6, 6.07) is 18.0. The topological polar surface area (TPSA) is 101 Å². The van der Waals surface area contributed by atoms with Gasteiger partial charge in [-0.05, 0) is 55.7 Å². The van der Waals surface area contributed by atoms with E-state index < -0.39 is 0 Å². The van der Waals surface area contributed by atoms with E-state index in [4.69, 9.17) is 0 Å². The van der Waals surface area contributed by atoms with Crippen LogP contribution in [0, 0.1) is 6.92 Å². The SMILES string of the molecule is Cc1ccc(CNC(=O)n2nc(-c3ccc(NC(=O)c4cccn4C)cc3O)cc2C2CC2)cc1. The molecule has 2 amide bonds. The lowest BCUT2D eigenvalue weighted by Gasteiger charge is -2.09. The summed E-state index contributed by atoms with van der Waals surface area (Å²) in [5.74, 6) is -0.00991. The number of nitrogens with zero attached hydrogens (tertiary/aromatic N) is 3. The third-order valence-electron chi connectivity index (χ3n) is 6.20. The van der Waals surface area contributed by atoms with Crippen LogP contribution in [0.2, 0.25) is 0 Å². The molecule has 178 valence electrons. The first-order chi connectivity index (χ1) is 16.9. The van der Waals surface area contributed by atoms with Gasteiger partial charge in [-0.2, -0.15) is 9.78 Å². The van der Waals surface area contributed by atoms with Crippen LogP contribution >= 0.6 is 0 Å². The Bertz CT molecular complexity index is 1400. The molecule has 35 heavy (non-hydrogen) atoms. The maximum absolute atomic E-state index is 13.0. The van der Waals surface area contributed by atoms with Crippen molar-refractivity contribution >= 4 is 17.6 Å². The van der Waals surface area contributed by atoms with Crippen molar-refractivity contribution in [1.82, 2.24) is 19.7 Å². The Labute approximate surface area is 203 Å². The minimum absolute atomic E-state index is 0.0262. The Kier molecular flexibility index (Phi) is 5.86. The van der Waals surface area contributed by atoms with Crippen molar-refractivity contribution in [1.29, 1.82) is 0 Å². The molecule has 5 rings (SSSR count). The summed E-state index contributed by atoms with van der Waals surface area (Å²) < 4.78 is 3.13. The van der Waals surface area contributed by atoms with Crippen LogP contribution < -0.4 is 10.6 Å². The van der Waals surface area contributed by atoms with Gasteiger partial charge in [0.15, 0.2) is 0 Å². The summed E-state index contributed by atoms with van der Waals surface area (Å²) in [6.45, 7) is 2.42. The lowest BCUT2D eigenvalue weighted by Crippen LogP contribution is -2.30. The standard InChI is InChI=1S/C27H27N5O3/c1-17-5-7-18(8-6-17)16-28-27(35)32-24(19-9-10-19)15-22(30-32)21-12-11-20(14-25(21)33)29-26(34)23-4-3-13-31(23)2/h3-8,11-15,19,33H,9-10,16H2,1-2H3,(H,28,35)(H,29,34). The highest BCUT2D eigenvalue weighted by Gasteiger charge is 2.30. The van der Waals surface area contributed by atoms with E-state index in [0.717, 1.165) is 29.7 Å². The number of anilines is 1. The normalized spacial score (nSPS) is 13.0. The van der Waals surface area contributed by atoms with E-state index in [1.54, 1.807) is 42.1 Å². The van der Waals surface area contributed by atoms with E-state index >= 15 is 0 Å². The van der Waals surface area contributed by atoms with Gasteiger partial charge in [0.25, 0.3) is 5.91 Å². The molecule has 0 bridgehead atoms. The quantitative estimate of drug-likeness (QED) is 0.378. The molecule has 0 radical (unpaired) electrons. The molecule has 1 aliphatic carbocycles. The van der Waals surface area contributed by atoms with Gasteiger partial charge in [0.05, 0.1) is 11.4 Å². The van der Waals surface area contributed by atoms with Gasteiger partial charge in [-0.3, -0.25) is 4.79 Å². The second-order valence-corrected chi connectivity index (χ2v) is 8.98. The Hall–Kier alpha value is -4.33. The van der Waals surface area contributed by atoms with E-state index in [9.17, 15) is 14.7 Å². The molecule has 2 heterocycles.